The second kappa shape index (κ2) is 8.39. The van der Waals surface area contributed by atoms with E-state index >= 15 is 0 Å². The van der Waals surface area contributed by atoms with E-state index in [2.05, 4.69) is 4.99 Å². The first-order valence-electron chi connectivity index (χ1n) is 7.57. The van der Waals surface area contributed by atoms with Gasteiger partial charge in [0.2, 0.25) is 0 Å². The second-order valence-electron chi connectivity index (χ2n) is 5.32. The summed E-state index contributed by atoms with van der Waals surface area (Å²) in [5.41, 5.74) is 2.62. The molecule has 3 aromatic carbocycles. The van der Waals surface area contributed by atoms with Gasteiger partial charge < -0.3 is 4.74 Å². The average Bonchev–Trinajstić information content (AvgIpc) is 2.64. The zero-order valence-electron chi connectivity index (χ0n) is 13.1. The first-order valence-corrected chi connectivity index (χ1v) is 8.70. The van der Waals surface area contributed by atoms with Crippen molar-refractivity contribution in [1.82, 2.24) is 0 Å². The highest BCUT2D eigenvalue weighted by Crippen LogP contribution is 2.33. The van der Waals surface area contributed by atoms with Gasteiger partial charge in [-0.05, 0) is 47.5 Å². The lowest BCUT2D eigenvalue weighted by Crippen LogP contribution is -1.94. The van der Waals surface area contributed by atoms with Crippen molar-refractivity contribution in [3.05, 3.63) is 92.9 Å². The summed E-state index contributed by atoms with van der Waals surface area (Å²) in [6, 6.07) is 20.9. The molecular weight excluding hydrogens is 377 g/mol. The van der Waals surface area contributed by atoms with Crippen LogP contribution in [0.25, 0.3) is 0 Å². The number of rotatable bonds is 5. The molecule has 5 heteroatoms. The van der Waals surface area contributed by atoms with Gasteiger partial charge in [-0.15, -0.1) is 0 Å². The molecule has 0 bridgehead atoms. The molecule has 3 rings (SSSR count). The summed E-state index contributed by atoms with van der Waals surface area (Å²) in [5.74, 6) is 0.800. The zero-order valence-corrected chi connectivity index (χ0v) is 15.4. The molecule has 2 nitrogen and oxygen atoms in total. The molecule has 0 saturated carbocycles. The van der Waals surface area contributed by atoms with Crippen LogP contribution in [0.1, 0.15) is 11.1 Å². The minimum Gasteiger partial charge on any atom is -0.489 e. The van der Waals surface area contributed by atoms with Crippen LogP contribution in [0.3, 0.4) is 0 Å². The van der Waals surface area contributed by atoms with Gasteiger partial charge in [-0.1, -0.05) is 65.1 Å². The highest BCUT2D eigenvalue weighted by molar-refractivity contribution is 6.43. The van der Waals surface area contributed by atoms with E-state index in [1.165, 1.54) is 0 Å². The molecule has 3 aromatic rings. The molecule has 0 radical (unpaired) electrons. The second-order valence-corrected chi connectivity index (χ2v) is 6.54. The Balaban J connectivity index is 1.65. The van der Waals surface area contributed by atoms with Crippen LogP contribution in [-0.4, -0.2) is 6.21 Å². The van der Waals surface area contributed by atoms with Crippen molar-refractivity contribution >= 4 is 46.7 Å². The number of benzene rings is 3. The van der Waals surface area contributed by atoms with E-state index in [-0.39, 0.29) is 0 Å². The zero-order chi connectivity index (χ0) is 17.6. The Hall–Kier alpha value is -2.00. The summed E-state index contributed by atoms with van der Waals surface area (Å²) in [7, 11) is 0. The van der Waals surface area contributed by atoms with Gasteiger partial charge >= 0.3 is 0 Å². The third-order valence-electron chi connectivity index (χ3n) is 3.47. The Labute approximate surface area is 161 Å². The Morgan fingerprint density at radius 2 is 1.48 bits per heavy atom. The SMILES string of the molecule is Clc1cc(Cl)c(N=Cc2ccc(OCc3ccccc3)cc2)cc1Cl. The van der Waals surface area contributed by atoms with Crippen molar-refractivity contribution in [2.45, 2.75) is 6.61 Å². The first-order chi connectivity index (χ1) is 12.1. The third kappa shape index (κ3) is 4.99. The fourth-order valence-electron chi connectivity index (χ4n) is 2.15. The molecule has 126 valence electrons. The Morgan fingerprint density at radius 3 is 2.20 bits per heavy atom. The fraction of sp³-hybridized carbons (Fsp3) is 0.0500. The molecular formula is C20H14Cl3NO. The summed E-state index contributed by atoms with van der Waals surface area (Å²) in [6.45, 7) is 0.535. The number of aliphatic imine (C=N–C) groups is 1. The number of nitrogens with zero attached hydrogens (tertiary/aromatic N) is 1. The quantitative estimate of drug-likeness (QED) is 0.340. The van der Waals surface area contributed by atoms with E-state index in [4.69, 9.17) is 39.5 Å². The van der Waals surface area contributed by atoms with Crippen molar-refractivity contribution in [2.75, 3.05) is 0 Å². The van der Waals surface area contributed by atoms with Crippen molar-refractivity contribution in [1.29, 1.82) is 0 Å². The molecule has 25 heavy (non-hydrogen) atoms. The van der Waals surface area contributed by atoms with Gasteiger partial charge in [-0.25, -0.2) is 0 Å². The fourth-order valence-corrected chi connectivity index (χ4v) is 2.74. The van der Waals surface area contributed by atoms with E-state index in [9.17, 15) is 0 Å². The molecule has 0 saturated heterocycles. The van der Waals surface area contributed by atoms with Gasteiger partial charge in [0.1, 0.15) is 12.4 Å². The van der Waals surface area contributed by atoms with Crippen LogP contribution in [0.15, 0.2) is 71.7 Å². The van der Waals surface area contributed by atoms with E-state index in [1.54, 1.807) is 18.3 Å². The number of hydrogen-bond acceptors (Lipinski definition) is 2. The molecule has 0 atom stereocenters. The Kier molecular flexibility index (Phi) is 5.98. The maximum absolute atomic E-state index is 6.12. The lowest BCUT2D eigenvalue weighted by Gasteiger charge is -2.06. The van der Waals surface area contributed by atoms with Gasteiger partial charge in [0.25, 0.3) is 0 Å². The molecule has 0 fully saturated rings. The van der Waals surface area contributed by atoms with Crippen molar-refractivity contribution in [2.24, 2.45) is 4.99 Å². The third-order valence-corrected chi connectivity index (χ3v) is 4.50. The average molecular weight is 391 g/mol. The summed E-state index contributed by atoms with van der Waals surface area (Å²) in [6.07, 6.45) is 1.71. The molecule has 0 aliphatic rings. The summed E-state index contributed by atoms with van der Waals surface area (Å²) < 4.78 is 5.76. The van der Waals surface area contributed by atoms with E-state index in [0.29, 0.717) is 27.4 Å². The Morgan fingerprint density at radius 1 is 0.800 bits per heavy atom. The molecule has 0 aromatic heterocycles. The molecule has 0 aliphatic carbocycles. The lowest BCUT2D eigenvalue weighted by molar-refractivity contribution is 0.306. The minimum absolute atomic E-state index is 0.408. The maximum atomic E-state index is 6.12. The van der Waals surface area contributed by atoms with E-state index < -0.39 is 0 Å². The molecule has 0 unspecified atom stereocenters. The van der Waals surface area contributed by atoms with Crippen LogP contribution in [0.2, 0.25) is 15.1 Å². The minimum atomic E-state index is 0.408. The van der Waals surface area contributed by atoms with Gasteiger partial charge in [0.05, 0.1) is 20.8 Å². The number of ether oxygens (including phenoxy) is 1. The van der Waals surface area contributed by atoms with Crippen molar-refractivity contribution in [3.8, 4) is 5.75 Å². The van der Waals surface area contributed by atoms with Crippen LogP contribution in [-0.2, 0) is 6.61 Å². The van der Waals surface area contributed by atoms with Gasteiger partial charge in [-0.3, -0.25) is 4.99 Å². The molecule has 0 N–H and O–H groups in total. The summed E-state index contributed by atoms with van der Waals surface area (Å²) in [4.78, 5) is 4.36. The largest absolute Gasteiger partial charge is 0.489 e. The van der Waals surface area contributed by atoms with Gasteiger partial charge in [0, 0.05) is 6.21 Å². The first kappa shape index (κ1) is 17.8. The maximum Gasteiger partial charge on any atom is 0.119 e. The van der Waals surface area contributed by atoms with Crippen molar-refractivity contribution in [3.63, 3.8) is 0 Å². The topological polar surface area (TPSA) is 21.6 Å². The smallest absolute Gasteiger partial charge is 0.119 e. The standard InChI is InChI=1S/C20H14Cl3NO/c21-17-10-19(23)20(11-18(17)22)24-12-14-6-8-16(9-7-14)25-13-15-4-2-1-3-5-15/h1-12H,13H2. The summed E-state index contributed by atoms with van der Waals surface area (Å²) >= 11 is 18.0. The normalized spacial score (nSPS) is 11.0. The molecule has 0 heterocycles. The predicted molar refractivity (Wildman–Crippen MR) is 106 cm³/mol. The van der Waals surface area contributed by atoms with Crippen LogP contribution in [0, 0.1) is 0 Å². The van der Waals surface area contributed by atoms with E-state index in [0.717, 1.165) is 16.9 Å². The van der Waals surface area contributed by atoms with Crippen LogP contribution in [0.5, 0.6) is 5.75 Å². The molecule has 0 aliphatic heterocycles. The molecule has 0 amide bonds. The molecule has 0 spiro atoms. The van der Waals surface area contributed by atoms with Crippen LogP contribution >= 0.6 is 34.8 Å². The monoisotopic (exact) mass is 389 g/mol. The highest BCUT2D eigenvalue weighted by Gasteiger charge is 2.04. The predicted octanol–water partition coefficient (Wildman–Crippen LogP) is 6.98. The van der Waals surface area contributed by atoms with Crippen LogP contribution in [0.4, 0.5) is 5.69 Å². The van der Waals surface area contributed by atoms with Crippen LogP contribution < -0.4 is 4.74 Å². The van der Waals surface area contributed by atoms with E-state index in [1.807, 2.05) is 54.6 Å². The highest BCUT2D eigenvalue weighted by atomic mass is 35.5. The van der Waals surface area contributed by atoms with Crippen molar-refractivity contribution < 1.29 is 4.74 Å². The number of halogens is 3. The lowest BCUT2D eigenvalue weighted by atomic mass is 10.2. The Bertz CT molecular complexity index is 877. The van der Waals surface area contributed by atoms with Gasteiger partial charge in [-0.2, -0.15) is 0 Å². The van der Waals surface area contributed by atoms with Gasteiger partial charge in [0.15, 0.2) is 0 Å². The summed E-state index contributed by atoms with van der Waals surface area (Å²) in [5, 5.41) is 1.28. The number of hydrogen-bond donors (Lipinski definition) is 0.